The summed E-state index contributed by atoms with van der Waals surface area (Å²) in [6, 6.07) is 4.22. The number of fused-ring (bicyclic) bond motifs is 2. The fraction of sp³-hybridized carbons (Fsp3) is 0.375. The van der Waals surface area contributed by atoms with Crippen LogP contribution in [-0.2, 0) is 9.59 Å². The van der Waals surface area contributed by atoms with Gasteiger partial charge in [-0.2, -0.15) is 0 Å². The molecule has 3 rings (SSSR count). The molecule has 2 aliphatic rings. The number of allylic oxidation sites excluding steroid dienone is 2. The van der Waals surface area contributed by atoms with E-state index < -0.39 is 28.6 Å². The molecule has 0 unspecified atom stereocenters. The van der Waals surface area contributed by atoms with Crippen molar-refractivity contribution in [2.24, 2.45) is 23.7 Å². The number of nitrogens with zero attached hydrogens (tertiary/aromatic N) is 1. The van der Waals surface area contributed by atoms with Crippen molar-refractivity contribution >= 4 is 23.3 Å². The Morgan fingerprint density at radius 1 is 1.26 bits per heavy atom. The van der Waals surface area contributed by atoms with Crippen LogP contribution >= 0.6 is 0 Å². The first-order valence-corrected chi connectivity index (χ1v) is 7.35. The van der Waals surface area contributed by atoms with E-state index in [-0.39, 0.29) is 17.5 Å². The minimum atomic E-state index is -0.974. The Balaban J connectivity index is 1.85. The summed E-state index contributed by atoms with van der Waals surface area (Å²) in [5, 5.41) is 22.9. The van der Waals surface area contributed by atoms with E-state index in [9.17, 15) is 24.8 Å². The van der Waals surface area contributed by atoms with Crippen molar-refractivity contribution in [1.82, 2.24) is 0 Å². The van der Waals surface area contributed by atoms with Gasteiger partial charge in [-0.15, -0.1) is 0 Å². The molecule has 1 aromatic rings. The summed E-state index contributed by atoms with van der Waals surface area (Å²) >= 11 is 0. The number of aliphatic carboxylic acids is 1. The Labute approximate surface area is 132 Å². The number of nitro benzene ring substituents is 1. The number of carboxylic acid groups (broad SMARTS) is 1. The van der Waals surface area contributed by atoms with Crippen molar-refractivity contribution in [3.8, 4) is 0 Å². The average Bonchev–Trinajstić information content (AvgIpc) is 3.09. The monoisotopic (exact) mass is 316 g/mol. The standard InChI is InChI=1S/C16H16N2O5/c1-8-2-5-11(18(22)23)7-12(8)17-15(19)13-9-3-4-10(6-9)14(13)16(20)21/h2-5,7,9-10,13-14H,6H2,1H3,(H,17,19)(H,20,21)/t9-,10-,13+,14+/m0/s1. The summed E-state index contributed by atoms with van der Waals surface area (Å²) in [4.78, 5) is 34.4. The lowest BCUT2D eigenvalue weighted by atomic mass is 9.82. The number of anilines is 1. The molecule has 2 aliphatic carbocycles. The maximum atomic E-state index is 12.6. The molecule has 1 fully saturated rings. The van der Waals surface area contributed by atoms with Crippen molar-refractivity contribution in [3.63, 3.8) is 0 Å². The zero-order valence-electron chi connectivity index (χ0n) is 12.4. The van der Waals surface area contributed by atoms with Gasteiger partial charge in [0.2, 0.25) is 5.91 Å². The molecular formula is C16H16N2O5. The molecule has 120 valence electrons. The van der Waals surface area contributed by atoms with E-state index >= 15 is 0 Å². The van der Waals surface area contributed by atoms with E-state index in [2.05, 4.69) is 5.32 Å². The topological polar surface area (TPSA) is 110 Å². The van der Waals surface area contributed by atoms with Crippen LogP contribution in [0, 0.1) is 40.7 Å². The molecule has 1 saturated carbocycles. The summed E-state index contributed by atoms with van der Waals surface area (Å²) in [7, 11) is 0. The van der Waals surface area contributed by atoms with Crippen LogP contribution in [-0.4, -0.2) is 21.9 Å². The first-order chi connectivity index (χ1) is 10.9. The second kappa shape index (κ2) is 5.49. The molecule has 7 heteroatoms. The Hall–Kier alpha value is -2.70. The normalized spacial score (nSPS) is 27.9. The summed E-state index contributed by atoms with van der Waals surface area (Å²) in [5.41, 5.74) is 0.920. The highest BCUT2D eigenvalue weighted by atomic mass is 16.6. The van der Waals surface area contributed by atoms with Gasteiger partial charge in [0.1, 0.15) is 0 Å². The number of amides is 1. The Morgan fingerprint density at radius 2 is 1.91 bits per heavy atom. The lowest BCUT2D eigenvalue weighted by molar-refractivity contribution is -0.384. The van der Waals surface area contributed by atoms with E-state index in [1.807, 2.05) is 12.2 Å². The fourth-order valence-corrected chi connectivity index (χ4v) is 3.59. The van der Waals surface area contributed by atoms with Crippen molar-refractivity contribution < 1.29 is 19.6 Å². The number of hydrogen-bond donors (Lipinski definition) is 2. The number of rotatable bonds is 4. The molecule has 4 atom stereocenters. The van der Waals surface area contributed by atoms with Crippen LogP contribution in [0.1, 0.15) is 12.0 Å². The number of non-ortho nitro benzene ring substituents is 1. The zero-order valence-corrected chi connectivity index (χ0v) is 12.4. The third-order valence-corrected chi connectivity index (χ3v) is 4.74. The molecular weight excluding hydrogens is 300 g/mol. The van der Waals surface area contributed by atoms with Gasteiger partial charge in [0.05, 0.1) is 22.4 Å². The maximum absolute atomic E-state index is 12.6. The van der Waals surface area contributed by atoms with Gasteiger partial charge in [-0.05, 0) is 30.7 Å². The van der Waals surface area contributed by atoms with E-state index in [1.165, 1.54) is 12.1 Å². The molecule has 1 aromatic carbocycles. The number of carbonyl (C=O) groups excluding carboxylic acids is 1. The molecule has 1 amide bonds. The van der Waals surface area contributed by atoms with Gasteiger partial charge in [-0.25, -0.2) is 0 Å². The number of nitro groups is 1. The van der Waals surface area contributed by atoms with Crippen LogP contribution in [0.5, 0.6) is 0 Å². The van der Waals surface area contributed by atoms with Crippen molar-refractivity contribution in [1.29, 1.82) is 0 Å². The Bertz CT molecular complexity index is 727. The molecule has 0 heterocycles. The molecule has 0 aliphatic heterocycles. The van der Waals surface area contributed by atoms with Gasteiger partial charge in [0.25, 0.3) is 5.69 Å². The van der Waals surface area contributed by atoms with Crippen LogP contribution < -0.4 is 5.32 Å². The number of carboxylic acids is 1. The molecule has 0 saturated heterocycles. The average molecular weight is 316 g/mol. The first-order valence-electron chi connectivity index (χ1n) is 7.35. The lowest BCUT2D eigenvalue weighted by Gasteiger charge is -2.24. The summed E-state index contributed by atoms with van der Waals surface area (Å²) in [5.74, 6) is -2.93. The van der Waals surface area contributed by atoms with Crippen molar-refractivity contribution in [2.45, 2.75) is 13.3 Å². The molecule has 0 spiro atoms. The Kier molecular flexibility index (Phi) is 3.63. The number of nitrogens with one attached hydrogen (secondary N) is 1. The van der Waals surface area contributed by atoms with E-state index in [4.69, 9.17) is 0 Å². The van der Waals surface area contributed by atoms with Crippen molar-refractivity contribution in [2.75, 3.05) is 5.32 Å². The van der Waals surface area contributed by atoms with Crippen LogP contribution in [0.15, 0.2) is 30.4 Å². The van der Waals surface area contributed by atoms with Gasteiger partial charge in [0, 0.05) is 12.1 Å². The number of aryl methyl sites for hydroxylation is 1. The fourth-order valence-electron chi connectivity index (χ4n) is 3.59. The van der Waals surface area contributed by atoms with Gasteiger partial charge in [-0.1, -0.05) is 18.2 Å². The molecule has 2 bridgehead atoms. The predicted molar refractivity (Wildman–Crippen MR) is 81.8 cm³/mol. The minimum Gasteiger partial charge on any atom is -0.481 e. The molecule has 7 nitrogen and oxygen atoms in total. The van der Waals surface area contributed by atoms with Gasteiger partial charge in [-0.3, -0.25) is 19.7 Å². The number of hydrogen-bond acceptors (Lipinski definition) is 4. The van der Waals surface area contributed by atoms with Crippen LogP contribution in [0.4, 0.5) is 11.4 Å². The second-order valence-corrected chi connectivity index (χ2v) is 6.08. The lowest BCUT2D eigenvalue weighted by Crippen LogP contribution is -2.36. The number of benzene rings is 1. The highest BCUT2D eigenvalue weighted by molar-refractivity contribution is 5.97. The van der Waals surface area contributed by atoms with E-state index in [0.717, 1.165) is 0 Å². The third kappa shape index (κ3) is 2.58. The summed E-state index contributed by atoms with van der Waals surface area (Å²) in [6.45, 7) is 1.73. The molecule has 2 N–H and O–H groups in total. The van der Waals surface area contributed by atoms with E-state index in [0.29, 0.717) is 17.7 Å². The van der Waals surface area contributed by atoms with Gasteiger partial charge in [0.15, 0.2) is 0 Å². The Morgan fingerprint density at radius 3 is 2.52 bits per heavy atom. The second-order valence-electron chi connectivity index (χ2n) is 6.08. The van der Waals surface area contributed by atoms with Crippen LogP contribution in [0.3, 0.4) is 0 Å². The minimum absolute atomic E-state index is 0.0832. The highest BCUT2D eigenvalue weighted by Crippen LogP contribution is 2.48. The molecule has 23 heavy (non-hydrogen) atoms. The maximum Gasteiger partial charge on any atom is 0.307 e. The summed E-state index contributed by atoms with van der Waals surface area (Å²) in [6.07, 6.45) is 4.43. The predicted octanol–water partition coefficient (Wildman–Crippen LogP) is 2.36. The van der Waals surface area contributed by atoms with Gasteiger partial charge >= 0.3 is 5.97 Å². The van der Waals surface area contributed by atoms with Crippen LogP contribution in [0.25, 0.3) is 0 Å². The van der Waals surface area contributed by atoms with Gasteiger partial charge < -0.3 is 10.4 Å². The smallest absolute Gasteiger partial charge is 0.307 e. The molecule has 0 aromatic heterocycles. The SMILES string of the molecule is Cc1ccc([N+](=O)[O-])cc1NC(=O)[C@H]1[C@H](C(=O)O)[C@H]2C=C[C@H]1C2. The number of carbonyl (C=O) groups is 2. The molecule has 0 radical (unpaired) electrons. The van der Waals surface area contributed by atoms with Crippen molar-refractivity contribution in [3.05, 3.63) is 46.0 Å². The highest BCUT2D eigenvalue weighted by Gasteiger charge is 2.51. The zero-order chi connectivity index (χ0) is 16.7. The summed E-state index contributed by atoms with van der Waals surface area (Å²) < 4.78 is 0. The largest absolute Gasteiger partial charge is 0.481 e. The van der Waals surface area contributed by atoms with Crippen LogP contribution in [0.2, 0.25) is 0 Å². The van der Waals surface area contributed by atoms with E-state index in [1.54, 1.807) is 13.0 Å². The first kappa shape index (κ1) is 15.2. The third-order valence-electron chi connectivity index (χ3n) is 4.74. The quantitative estimate of drug-likeness (QED) is 0.503.